The van der Waals surface area contributed by atoms with Crippen molar-refractivity contribution >= 4 is 27.5 Å². The van der Waals surface area contributed by atoms with Crippen molar-refractivity contribution in [1.82, 2.24) is 10.2 Å². The summed E-state index contributed by atoms with van der Waals surface area (Å²) in [6.07, 6.45) is 0. The molecule has 0 unspecified atom stereocenters. The van der Waals surface area contributed by atoms with Gasteiger partial charge in [-0.15, -0.1) is 0 Å². The summed E-state index contributed by atoms with van der Waals surface area (Å²) in [6, 6.07) is 18.1. The topological polar surface area (TPSA) is 86.8 Å². The molecular formula is C30H36FN3O4S. The van der Waals surface area contributed by atoms with Gasteiger partial charge >= 0.3 is 0 Å². The number of rotatable bonds is 9. The molecule has 1 atom stereocenters. The van der Waals surface area contributed by atoms with Gasteiger partial charge in [0.1, 0.15) is 18.4 Å². The summed E-state index contributed by atoms with van der Waals surface area (Å²) >= 11 is 0. The van der Waals surface area contributed by atoms with Crippen molar-refractivity contribution < 1.29 is 22.4 Å². The van der Waals surface area contributed by atoms with Gasteiger partial charge in [-0.1, -0.05) is 59.7 Å². The summed E-state index contributed by atoms with van der Waals surface area (Å²) in [5, 5.41) is 2.88. The Hall–Kier alpha value is -3.72. The van der Waals surface area contributed by atoms with Crippen molar-refractivity contribution in [3.05, 3.63) is 95.3 Å². The van der Waals surface area contributed by atoms with Gasteiger partial charge in [-0.25, -0.2) is 12.8 Å². The van der Waals surface area contributed by atoms with Crippen LogP contribution < -0.4 is 9.62 Å². The first-order valence-electron chi connectivity index (χ1n) is 12.7. The van der Waals surface area contributed by atoms with Gasteiger partial charge in [0.25, 0.3) is 10.0 Å². The number of aryl methyl sites for hydroxylation is 2. The molecule has 9 heteroatoms. The molecule has 208 valence electrons. The summed E-state index contributed by atoms with van der Waals surface area (Å²) in [5.74, 6) is -1.82. The highest BCUT2D eigenvalue weighted by Crippen LogP contribution is 2.27. The fraction of sp³-hybridized carbons (Fsp3) is 0.333. The molecule has 3 aromatic rings. The molecule has 0 aliphatic rings. The number of nitrogens with zero attached hydrogens (tertiary/aromatic N) is 2. The molecule has 1 N–H and O–H groups in total. The van der Waals surface area contributed by atoms with Gasteiger partial charge in [-0.05, 0) is 71.4 Å². The maximum Gasteiger partial charge on any atom is 0.264 e. The minimum absolute atomic E-state index is 0.0644. The number of para-hydroxylation sites is 1. The van der Waals surface area contributed by atoms with Gasteiger partial charge in [-0.3, -0.25) is 13.9 Å². The Morgan fingerprint density at radius 3 is 2.15 bits per heavy atom. The third-order valence-corrected chi connectivity index (χ3v) is 7.88. The number of anilines is 1. The standard InChI is InChI=1S/C30H36FN3O4S/c1-21-14-16-25(17-15-21)39(37,38)34(27-13-8-7-12-26(27)31)20-28(35)33(19-24-11-9-10-22(2)18-24)23(3)29(36)32-30(4,5)6/h7-18,23H,19-20H2,1-6H3,(H,32,36)/t23-/m1/s1. The van der Waals surface area contributed by atoms with E-state index in [4.69, 9.17) is 0 Å². The Bertz CT molecular complexity index is 1430. The molecule has 0 radical (unpaired) electrons. The SMILES string of the molecule is Cc1ccc(S(=O)(=O)N(CC(=O)N(Cc2cccc(C)c2)[C@H](C)C(=O)NC(C)(C)C)c2ccccc2F)cc1. The summed E-state index contributed by atoms with van der Waals surface area (Å²) in [5.41, 5.74) is 1.80. The highest BCUT2D eigenvalue weighted by Gasteiger charge is 2.34. The average molecular weight is 554 g/mol. The Balaban J connectivity index is 2.05. The molecule has 0 aliphatic heterocycles. The molecule has 0 heterocycles. The maximum absolute atomic E-state index is 15.0. The molecule has 3 rings (SSSR count). The van der Waals surface area contributed by atoms with Crippen molar-refractivity contribution in [2.75, 3.05) is 10.8 Å². The minimum Gasteiger partial charge on any atom is -0.350 e. The summed E-state index contributed by atoms with van der Waals surface area (Å²) in [4.78, 5) is 28.3. The van der Waals surface area contributed by atoms with Crippen molar-refractivity contribution in [3.63, 3.8) is 0 Å². The highest BCUT2D eigenvalue weighted by molar-refractivity contribution is 7.92. The van der Waals surface area contributed by atoms with Crippen LogP contribution >= 0.6 is 0 Å². The first-order chi connectivity index (χ1) is 18.2. The van der Waals surface area contributed by atoms with Gasteiger partial charge < -0.3 is 10.2 Å². The van der Waals surface area contributed by atoms with E-state index in [0.29, 0.717) is 0 Å². The number of hydrogen-bond donors (Lipinski definition) is 1. The zero-order valence-electron chi connectivity index (χ0n) is 23.2. The number of halogens is 1. The van der Waals surface area contributed by atoms with Crippen molar-refractivity contribution in [2.24, 2.45) is 0 Å². The molecule has 7 nitrogen and oxygen atoms in total. The molecular weight excluding hydrogens is 517 g/mol. The largest absolute Gasteiger partial charge is 0.350 e. The number of carbonyl (C=O) groups excluding carboxylic acids is 2. The van der Waals surface area contributed by atoms with Crippen molar-refractivity contribution in [1.29, 1.82) is 0 Å². The molecule has 0 bridgehead atoms. The van der Waals surface area contributed by atoms with E-state index in [9.17, 15) is 22.4 Å². The average Bonchev–Trinajstić information content (AvgIpc) is 2.85. The Labute approximate surface area is 230 Å². The molecule has 0 saturated carbocycles. The van der Waals surface area contributed by atoms with Crippen LogP contribution in [0.15, 0.2) is 77.7 Å². The van der Waals surface area contributed by atoms with Crippen LogP contribution in [0.3, 0.4) is 0 Å². The van der Waals surface area contributed by atoms with Gasteiger partial charge in [0.15, 0.2) is 0 Å². The summed E-state index contributed by atoms with van der Waals surface area (Å²) < 4.78 is 43.3. The lowest BCUT2D eigenvalue weighted by atomic mass is 10.1. The van der Waals surface area contributed by atoms with Crippen LogP contribution in [0.2, 0.25) is 0 Å². The van der Waals surface area contributed by atoms with E-state index >= 15 is 0 Å². The van der Waals surface area contributed by atoms with Crippen LogP contribution in [0.4, 0.5) is 10.1 Å². The second-order valence-electron chi connectivity index (χ2n) is 10.7. The second kappa shape index (κ2) is 12.0. The number of hydrogen-bond acceptors (Lipinski definition) is 4. The van der Waals surface area contributed by atoms with Crippen LogP contribution in [0.1, 0.15) is 44.4 Å². The zero-order valence-corrected chi connectivity index (χ0v) is 24.0. The van der Waals surface area contributed by atoms with E-state index < -0.39 is 39.9 Å². The molecule has 39 heavy (non-hydrogen) atoms. The maximum atomic E-state index is 15.0. The van der Waals surface area contributed by atoms with Crippen LogP contribution in [0.5, 0.6) is 0 Å². The Morgan fingerprint density at radius 2 is 1.56 bits per heavy atom. The van der Waals surface area contributed by atoms with Crippen LogP contribution in [-0.2, 0) is 26.2 Å². The molecule has 0 saturated heterocycles. The molecule has 2 amide bonds. The van der Waals surface area contributed by atoms with Gasteiger partial charge in [0, 0.05) is 12.1 Å². The van der Waals surface area contributed by atoms with Gasteiger partial charge in [0.2, 0.25) is 11.8 Å². The van der Waals surface area contributed by atoms with E-state index in [1.165, 1.54) is 35.2 Å². The Morgan fingerprint density at radius 1 is 0.923 bits per heavy atom. The van der Waals surface area contributed by atoms with Crippen LogP contribution in [0, 0.1) is 19.7 Å². The van der Waals surface area contributed by atoms with E-state index in [1.807, 2.05) is 58.9 Å². The molecule has 0 aliphatic carbocycles. The number of benzene rings is 3. The second-order valence-corrected chi connectivity index (χ2v) is 12.6. The quantitative estimate of drug-likeness (QED) is 0.405. The summed E-state index contributed by atoms with van der Waals surface area (Å²) in [6.45, 7) is 10.2. The lowest BCUT2D eigenvalue weighted by Gasteiger charge is -2.33. The number of nitrogens with one attached hydrogen (secondary N) is 1. The van der Waals surface area contributed by atoms with Crippen LogP contribution in [0.25, 0.3) is 0 Å². The first kappa shape index (κ1) is 29.8. The third-order valence-electron chi connectivity index (χ3n) is 6.11. The molecule has 0 aromatic heterocycles. The first-order valence-corrected chi connectivity index (χ1v) is 14.1. The minimum atomic E-state index is -4.33. The van der Waals surface area contributed by atoms with E-state index in [1.54, 1.807) is 19.1 Å². The number of carbonyl (C=O) groups is 2. The fourth-order valence-electron chi connectivity index (χ4n) is 4.07. The predicted molar refractivity (Wildman–Crippen MR) is 151 cm³/mol. The molecule has 3 aromatic carbocycles. The lowest BCUT2D eigenvalue weighted by Crippen LogP contribution is -2.54. The van der Waals surface area contributed by atoms with Crippen LogP contribution in [-0.4, -0.2) is 43.3 Å². The third kappa shape index (κ3) is 7.66. The monoisotopic (exact) mass is 553 g/mol. The van der Waals surface area contributed by atoms with Gasteiger partial charge in [-0.2, -0.15) is 0 Å². The van der Waals surface area contributed by atoms with Gasteiger partial charge in [0.05, 0.1) is 10.6 Å². The smallest absolute Gasteiger partial charge is 0.264 e. The predicted octanol–water partition coefficient (Wildman–Crippen LogP) is 4.97. The zero-order chi connectivity index (χ0) is 29.0. The van der Waals surface area contributed by atoms with Crippen molar-refractivity contribution in [3.8, 4) is 0 Å². The molecule has 0 fully saturated rings. The van der Waals surface area contributed by atoms with E-state index in [-0.39, 0.29) is 23.0 Å². The Kier molecular flexibility index (Phi) is 9.17. The van der Waals surface area contributed by atoms with Crippen molar-refractivity contribution in [2.45, 2.75) is 64.6 Å². The number of amides is 2. The number of sulfonamides is 1. The lowest BCUT2D eigenvalue weighted by molar-refractivity contribution is -0.140. The fourth-order valence-corrected chi connectivity index (χ4v) is 5.49. The van der Waals surface area contributed by atoms with E-state index in [2.05, 4.69) is 5.32 Å². The summed E-state index contributed by atoms with van der Waals surface area (Å²) in [7, 11) is -4.33. The molecule has 0 spiro atoms. The highest BCUT2D eigenvalue weighted by atomic mass is 32.2. The van der Waals surface area contributed by atoms with E-state index in [0.717, 1.165) is 27.1 Å². The normalized spacial score (nSPS) is 12.5.